The zero-order chi connectivity index (χ0) is 21.5. The summed E-state index contributed by atoms with van der Waals surface area (Å²) < 4.78 is 0. The van der Waals surface area contributed by atoms with E-state index in [-0.39, 0.29) is 18.4 Å². The van der Waals surface area contributed by atoms with Gasteiger partial charge in [-0.05, 0) is 48.2 Å². The molecule has 5 N–H and O–H groups in total. The molecule has 0 aliphatic heterocycles. The number of rotatable bonds is 6. The van der Waals surface area contributed by atoms with Gasteiger partial charge in [0.1, 0.15) is 0 Å². The molecule has 160 valence electrons. The second-order valence-corrected chi connectivity index (χ2v) is 7.06. The van der Waals surface area contributed by atoms with Gasteiger partial charge in [0.15, 0.2) is 0 Å². The van der Waals surface area contributed by atoms with E-state index in [0.717, 1.165) is 39.4 Å². The molecule has 0 saturated carbocycles. The SMILES string of the molecule is CC(=NN=C(N)N)c1ccc(-c2ccc(/C(C)=N/Nc3ccccc3Cl)cc2)cc1.Cl. The van der Waals surface area contributed by atoms with Crippen molar-refractivity contribution in [1.82, 2.24) is 0 Å². The maximum Gasteiger partial charge on any atom is 0.211 e. The monoisotopic (exact) mass is 454 g/mol. The van der Waals surface area contributed by atoms with Crippen LogP contribution in [-0.2, 0) is 0 Å². The van der Waals surface area contributed by atoms with Crippen LogP contribution in [0.1, 0.15) is 25.0 Å². The quantitative estimate of drug-likeness (QED) is 0.268. The Morgan fingerprint density at radius 2 is 1.26 bits per heavy atom. The van der Waals surface area contributed by atoms with E-state index in [4.69, 9.17) is 23.1 Å². The summed E-state index contributed by atoms with van der Waals surface area (Å²) in [4.78, 5) is 0. The van der Waals surface area contributed by atoms with E-state index in [1.807, 2.05) is 74.5 Å². The highest BCUT2D eigenvalue weighted by atomic mass is 35.5. The van der Waals surface area contributed by atoms with Crippen molar-refractivity contribution in [2.24, 2.45) is 26.8 Å². The van der Waals surface area contributed by atoms with Gasteiger partial charge in [0, 0.05) is 0 Å². The van der Waals surface area contributed by atoms with Crippen molar-refractivity contribution in [3.05, 3.63) is 88.9 Å². The molecule has 8 heteroatoms. The van der Waals surface area contributed by atoms with Crippen molar-refractivity contribution in [3.63, 3.8) is 0 Å². The van der Waals surface area contributed by atoms with Gasteiger partial charge in [-0.2, -0.15) is 10.2 Å². The number of hydrogen-bond acceptors (Lipinski definition) is 4. The van der Waals surface area contributed by atoms with Gasteiger partial charge >= 0.3 is 0 Å². The Hall–Kier alpha value is -3.35. The van der Waals surface area contributed by atoms with Gasteiger partial charge < -0.3 is 11.5 Å². The van der Waals surface area contributed by atoms with E-state index in [0.29, 0.717) is 5.02 Å². The Balaban J connectivity index is 0.00000341. The molecule has 0 aromatic heterocycles. The Kier molecular flexibility index (Phi) is 8.61. The third-order valence-electron chi connectivity index (χ3n) is 4.47. The number of para-hydroxylation sites is 1. The van der Waals surface area contributed by atoms with E-state index < -0.39 is 0 Å². The van der Waals surface area contributed by atoms with E-state index in [1.54, 1.807) is 0 Å². The molecule has 0 aliphatic carbocycles. The minimum atomic E-state index is -0.0630. The van der Waals surface area contributed by atoms with Crippen molar-refractivity contribution in [2.75, 3.05) is 5.43 Å². The Morgan fingerprint density at radius 3 is 1.77 bits per heavy atom. The van der Waals surface area contributed by atoms with Crippen LogP contribution in [0, 0.1) is 0 Å². The number of nitrogens with two attached hydrogens (primary N) is 2. The number of hydrazone groups is 1. The maximum atomic E-state index is 6.15. The van der Waals surface area contributed by atoms with Crippen LogP contribution in [0.15, 0.2) is 88.1 Å². The normalized spacial score (nSPS) is 11.5. The third kappa shape index (κ3) is 6.57. The number of halogens is 2. The van der Waals surface area contributed by atoms with Crippen molar-refractivity contribution < 1.29 is 0 Å². The first-order valence-electron chi connectivity index (χ1n) is 9.33. The van der Waals surface area contributed by atoms with Crippen LogP contribution in [0.25, 0.3) is 11.1 Å². The molecule has 0 amide bonds. The Bertz CT molecular complexity index is 1100. The highest BCUT2D eigenvalue weighted by molar-refractivity contribution is 6.33. The van der Waals surface area contributed by atoms with Crippen LogP contribution in [-0.4, -0.2) is 17.4 Å². The molecule has 3 aromatic rings. The summed E-state index contributed by atoms with van der Waals surface area (Å²) in [6, 6.07) is 23.8. The molecule has 0 unspecified atom stereocenters. The van der Waals surface area contributed by atoms with Crippen LogP contribution in [0.2, 0.25) is 5.02 Å². The largest absolute Gasteiger partial charge is 0.369 e. The number of nitrogens with zero attached hydrogens (tertiary/aromatic N) is 3. The highest BCUT2D eigenvalue weighted by Crippen LogP contribution is 2.22. The first-order chi connectivity index (χ1) is 14.4. The molecule has 0 aliphatic rings. The standard InChI is InChI=1S/C23H23ClN6.ClH/c1-15(27-29-22-6-4-3-5-21(22)24)17-7-11-19(12-8-17)20-13-9-18(10-14-20)16(2)28-30-23(25)26;/h3-14,29H,1-2H3,(H4,25,26,30);1H/b27-15+,28-16?;. The van der Waals surface area contributed by atoms with Gasteiger partial charge in [0.2, 0.25) is 5.96 Å². The van der Waals surface area contributed by atoms with E-state index in [1.165, 1.54) is 0 Å². The van der Waals surface area contributed by atoms with Crippen LogP contribution >= 0.6 is 24.0 Å². The topological polar surface area (TPSA) is 101 Å². The predicted molar refractivity (Wildman–Crippen MR) is 134 cm³/mol. The molecule has 0 spiro atoms. The van der Waals surface area contributed by atoms with Crippen molar-refractivity contribution in [1.29, 1.82) is 0 Å². The number of anilines is 1. The number of benzene rings is 3. The first-order valence-corrected chi connectivity index (χ1v) is 9.71. The summed E-state index contributed by atoms with van der Waals surface area (Å²) in [6.07, 6.45) is 0. The zero-order valence-electron chi connectivity index (χ0n) is 17.2. The summed E-state index contributed by atoms with van der Waals surface area (Å²) >= 11 is 6.15. The zero-order valence-corrected chi connectivity index (χ0v) is 18.8. The minimum Gasteiger partial charge on any atom is -0.369 e. The van der Waals surface area contributed by atoms with Crippen molar-refractivity contribution in [3.8, 4) is 11.1 Å². The molecule has 0 radical (unpaired) electrons. The van der Waals surface area contributed by atoms with Gasteiger partial charge in [0.05, 0.1) is 22.1 Å². The fourth-order valence-electron chi connectivity index (χ4n) is 2.76. The Labute approximate surface area is 193 Å². The van der Waals surface area contributed by atoms with Crippen LogP contribution < -0.4 is 16.9 Å². The summed E-state index contributed by atoms with van der Waals surface area (Å²) in [7, 11) is 0. The van der Waals surface area contributed by atoms with Crippen LogP contribution in [0.4, 0.5) is 5.69 Å². The van der Waals surface area contributed by atoms with Crippen molar-refractivity contribution in [2.45, 2.75) is 13.8 Å². The molecule has 0 fully saturated rings. The number of hydrogen-bond donors (Lipinski definition) is 3. The summed E-state index contributed by atoms with van der Waals surface area (Å²) in [5.74, 6) is -0.0630. The molecule has 3 aromatic carbocycles. The lowest BCUT2D eigenvalue weighted by atomic mass is 10.0. The van der Waals surface area contributed by atoms with Gasteiger partial charge in [-0.25, -0.2) is 0 Å². The number of nitrogens with one attached hydrogen (secondary N) is 1. The molecule has 0 atom stereocenters. The average Bonchev–Trinajstić information content (AvgIpc) is 2.77. The van der Waals surface area contributed by atoms with E-state index in [2.05, 4.69) is 32.9 Å². The molecular weight excluding hydrogens is 431 g/mol. The molecule has 6 nitrogen and oxygen atoms in total. The minimum absolute atomic E-state index is 0. The maximum absolute atomic E-state index is 6.15. The predicted octanol–water partition coefficient (Wildman–Crippen LogP) is 5.26. The molecule has 31 heavy (non-hydrogen) atoms. The lowest BCUT2D eigenvalue weighted by Gasteiger charge is -2.07. The Morgan fingerprint density at radius 1 is 0.742 bits per heavy atom. The lowest BCUT2D eigenvalue weighted by Crippen LogP contribution is -2.22. The van der Waals surface area contributed by atoms with Crippen LogP contribution in [0.5, 0.6) is 0 Å². The second-order valence-electron chi connectivity index (χ2n) is 6.65. The summed E-state index contributed by atoms with van der Waals surface area (Å²) in [6.45, 7) is 3.81. The van der Waals surface area contributed by atoms with E-state index >= 15 is 0 Å². The number of guanidine groups is 1. The fourth-order valence-corrected chi connectivity index (χ4v) is 2.94. The third-order valence-corrected chi connectivity index (χ3v) is 4.80. The summed E-state index contributed by atoms with van der Waals surface area (Å²) in [5, 5.41) is 12.7. The van der Waals surface area contributed by atoms with Gasteiger partial charge in [-0.3, -0.25) is 5.43 Å². The molecule has 0 saturated heterocycles. The van der Waals surface area contributed by atoms with Crippen LogP contribution in [0.3, 0.4) is 0 Å². The summed E-state index contributed by atoms with van der Waals surface area (Å²) in [5.41, 5.74) is 20.2. The highest BCUT2D eigenvalue weighted by Gasteiger charge is 2.03. The van der Waals surface area contributed by atoms with E-state index in [9.17, 15) is 0 Å². The average molecular weight is 455 g/mol. The van der Waals surface area contributed by atoms with Gasteiger partial charge in [-0.15, -0.1) is 17.5 Å². The molecule has 3 rings (SSSR count). The first kappa shape index (κ1) is 23.9. The fraction of sp³-hybridized carbons (Fsp3) is 0.0870. The second kappa shape index (κ2) is 11.2. The molecule has 0 bridgehead atoms. The van der Waals surface area contributed by atoms with Gasteiger partial charge in [-0.1, -0.05) is 72.3 Å². The van der Waals surface area contributed by atoms with Gasteiger partial charge in [0.25, 0.3) is 0 Å². The molecular formula is C23H24Cl2N6. The molecule has 0 heterocycles. The smallest absolute Gasteiger partial charge is 0.211 e. The lowest BCUT2D eigenvalue weighted by molar-refractivity contribution is 1.20. The van der Waals surface area contributed by atoms with Crippen molar-refractivity contribution >= 4 is 47.1 Å².